The van der Waals surface area contributed by atoms with E-state index in [0.717, 1.165) is 17.3 Å². The number of hydrogen-bond acceptors (Lipinski definition) is 7. The van der Waals surface area contributed by atoms with E-state index in [-0.39, 0.29) is 27.6 Å². The van der Waals surface area contributed by atoms with Crippen molar-refractivity contribution in [1.82, 2.24) is 5.32 Å². The van der Waals surface area contributed by atoms with Gasteiger partial charge in [0.15, 0.2) is 0 Å². The van der Waals surface area contributed by atoms with Crippen LogP contribution in [0.5, 0.6) is 11.5 Å². The molecule has 0 saturated heterocycles. The van der Waals surface area contributed by atoms with Crippen LogP contribution in [0.15, 0.2) is 47.9 Å². The molecule has 0 aliphatic heterocycles. The molecule has 0 saturated carbocycles. The fourth-order valence-electron chi connectivity index (χ4n) is 2.33. The molecule has 0 aliphatic rings. The molecule has 29 heavy (non-hydrogen) atoms. The molecule has 0 bridgehead atoms. The van der Waals surface area contributed by atoms with Crippen LogP contribution in [0.2, 0.25) is 0 Å². The number of carboxylic acids is 1. The normalized spacial score (nSPS) is 11.3. The third-order valence-electron chi connectivity index (χ3n) is 3.79. The lowest BCUT2D eigenvalue weighted by Crippen LogP contribution is -2.41. The Morgan fingerprint density at radius 1 is 1.24 bits per heavy atom. The van der Waals surface area contributed by atoms with Gasteiger partial charge in [-0.1, -0.05) is 24.8 Å². The quantitative estimate of drug-likeness (QED) is 0.169. The number of carbonyl (C=O) groups excluding carboxylic acids is 2. The Hall–Kier alpha value is -3.46. The predicted octanol–water partition coefficient (Wildman–Crippen LogP) is 2.52. The van der Waals surface area contributed by atoms with Crippen molar-refractivity contribution in [3.63, 3.8) is 0 Å². The highest BCUT2D eigenvalue weighted by atomic mass is 32.2. The molecule has 0 spiro atoms. The number of benzene rings is 2. The lowest BCUT2D eigenvalue weighted by molar-refractivity contribution is -0.140. The molecule has 152 valence electrons. The summed E-state index contributed by atoms with van der Waals surface area (Å²) < 4.78 is 5.34. The van der Waals surface area contributed by atoms with E-state index in [4.69, 9.17) is 10.5 Å². The van der Waals surface area contributed by atoms with Crippen molar-refractivity contribution in [1.29, 1.82) is 0 Å². The molecule has 2 aromatic carbocycles. The molecule has 1 atom stereocenters. The van der Waals surface area contributed by atoms with Crippen LogP contribution in [0.25, 0.3) is 6.08 Å². The van der Waals surface area contributed by atoms with Gasteiger partial charge in [-0.2, -0.15) is 0 Å². The molecule has 0 aliphatic carbocycles. The van der Waals surface area contributed by atoms with Crippen LogP contribution >= 0.6 is 11.8 Å². The molecule has 9 heteroatoms. The van der Waals surface area contributed by atoms with Gasteiger partial charge in [-0.3, -0.25) is 4.79 Å². The maximum Gasteiger partial charge on any atom is 0.344 e. The minimum atomic E-state index is -1.24. The predicted molar refractivity (Wildman–Crippen MR) is 110 cm³/mol. The Kier molecular flexibility index (Phi) is 7.27. The van der Waals surface area contributed by atoms with Gasteiger partial charge in [-0.25, -0.2) is 9.59 Å². The first-order valence-corrected chi connectivity index (χ1v) is 9.40. The van der Waals surface area contributed by atoms with Gasteiger partial charge in [0.25, 0.3) is 0 Å². The van der Waals surface area contributed by atoms with Gasteiger partial charge in [0.2, 0.25) is 5.91 Å². The molecule has 2 rings (SSSR count). The first-order valence-electron chi connectivity index (χ1n) is 8.41. The number of nitrogens with one attached hydrogen (secondary N) is 1. The number of amides is 1. The Morgan fingerprint density at radius 3 is 2.45 bits per heavy atom. The van der Waals surface area contributed by atoms with Crippen molar-refractivity contribution in [2.75, 3.05) is 11.5 Å². The fourth-order valence-corrected chi connectivity index (χ4v) is 3.45. The average molecular weight is 416 g/mol. The number of anilines is 1. The summed E-state index contributed by atoms with van der Waals surface area (Å²) in [4.78, 5) is 35.3. The zero-order chi connectivity index (χ0) is 21.6. The number of aliphatic carboxylic acids is 1. The number of esters is 1. The van der Waals surface area contributed by atoms with E-state index in [2.05, 4.69) is 11.9 Å². The van der Waals surface area contributed by atoms with E-state index in [1.165, 1.54) is 19.1 Å². The first kappa shape index (κ1) is 21.8. The van der Waals surface area contributed by atoms with Crippen LogP contribution in [0.3, 0.4) is 0 Å². The Balaban J connectivity index is 2.26. The summed E-state index contributed by atoms with van der Waals surface area (Å²) in [6, 6.07) is 8.03. The Labute approximate surface area is 171 Å². The summed E-state index contributed by atoms with van der Waals surface area (Å²) in [5.41, 5.74) is 6.72. The van der Waals surface area contributed by atoms with Crippen LogP contribution in [-0.4, -0.2) is 39.9 Å². The highest BCUT2D eigenvalue weighted by molar-refractivity contribution is 7.99. The standard InChI is InChI=1S/C20H20N2O6S/c1-3-12-4-6-13(7-5-12)28-20(27)14-8-9-16(24)17(21)18(14)29-10-15(19(25)26)22-11(2)23/h3-9,15,24H,1,10,21H2,2H3,(H,22,23)(H,25,26)/t15-/m1/s1. The number of phenolic OH excluding ortho intramolecular Hbond substituents is 1. The maximum absolute atomic E-state index is 12.6. The van der Waals surface area contributed by atoms with Crippen LogP contribution < -0.4 is 15.8 Å². The zero-order valence-corrected chi connectivity index (χ0v) is 16.4. The highest BCUT2D eigenvalue weighted by Gasteiger charge is 2.23. The SMILES string of the molecule is C=Cc1ccc(OC(=O)c2ccc(O)c(N)c2SC[C@@H](NC(C)=O)C(=O)O)cc1. The average Bonchev–Trinajstić information content (AvgIpc) is 2.68. The minimum absolute atomic E-state index is 0.0602. The number of thioether (sulfide) groups is 1. The molecule has 1 amide bonds. The van der Waals surface area contributed by atoms with E-state index in [9.17, 15) is 24.6 Å². The van der Waals surface area contributed by atoms with Crippen LogP contribution in [0.1, 0.15) is 22.8 Å². The van der Waals surface area contributed by atoms with Crippen molar-refractivity contribution >= 4 is 41.4 Å². The molecule has 0 fully saturated rings. The molecule has 0 radical (unpaired) electrons. The number of nitrogens with two attached hydrogens (primary N) is 1. The second-order valence-corrected chi connectivity index (χ2v) is 6.97. The number of rotatable bonds is 8. The van der Waals surface area contributed by atoms with Crippen LogP contribution in [0, 0.1) is 0 Å². The summed E-state index contributed by atoms with van der Waals surface area (Å²) >= 11 is 0.917. The van der Waals surface area contributed by atoms with E-state index < -0.39 is 23.9 Å². The van der Waals surface area contributed by atoms with Crippen molar-refractivity contribution in [3.05, 3.63) is 54.1 Å². The number of carboxylic acid groups (broad SMARTS) is 1. The molecule has 0 heterocycles. The molecule has 2 aromatic rings. The van der Waals surface area contributed by atoms with Gasteiger partial charge in [0, 0.05) is 17.6 Å². The summed E-state index contributed by atoms with van der Waals surface area (Å²) in [5.74, 6) is -2.55. The van der Waals surface area contributed by atoms with Crippen molar-refractivity contribution < 1.29 is 29.3 Å². The van der Waals surface area contributed by atoms with Gasteiger partial charge in [0.05, 0.1) is 11.3 Å². The van der Waals surface area contributed by atoms with E-state index >= 15 is 0 Å². The summed E-state index contributed by atoms with van der Waals surface area (Å²) in [6.45, 7) is 4.85. The number of phenols is 1. The molecule has 8 nitrogen and oxygen atoms in total. The van der Waals surface area contributed by atoms with E-state index in [1.54, 1.807) is 30.3 Å². The number of carbonyl (C=O) groups is 3. The zero-order valence-electron chi connectivity index (χ0n) is 15.5. The van der Waals surface area contributed by atoms with Crippen molar-refractivity contribution in [2.24, 2.45) is 0 Å². The van der Waals surface area contributed by atoms with Gasteiger partial charge in [-0.05, 0) is 29.8 Å². The molecule has 5 N–H and O–H groups in total. The first-order chi connectivity index (χ1) is 13.7. The summed E-state index contributed by atoms with van der Waals surface area (Å²) in [5, 5.41) is 21.4. The lowest BCUT2D eigenvalue weighted by Gasteiger charge is -2.16. The highest BCUT2D eigenvalue weighted by Crippen LogP contribution is 2.36. The maximum atomic E-state index is 12.6. The fraction of sp³-hybridized carbons (Fsp3) is 0.150. The van der Waals surface area contributed by atoms with Crippen LogP contribution in [0.4, 0.5) is 5.69 Å². The van der Waals surface area contributed by atoms with E-state index in [0.29, 0.717) is 5.75 Å². The molecule has 0 aromatic heterocycles. The third kappa shape index (κ3) is 5.76. The Bertz CT molecular complexity index is 943. The number of nitrogen functional groups attached to an aromatic ring is 1. The molecular formula is C20H20N2O6S. The second-order valence-electron chi connectivity index (χ2n) is 5.94. The third-order valence-corrected chi connectivity index (χ3v) is 5.02. The monoisotopic (exact) mass is 416 g/mol. The Morgan fingerprint density at radius 2 is 1.90 bits per heavy atom. The minimum Gasteiger partial charge on any atom is -0.506 e. The summed E-state index contributed by atoms with van der Waals surface area (Å²) in [6.07, 6.45) is 1.65. The van der Waals surface area contributed by atoms with Gasteiger partial charge in [-0.15, -0.1) is 11.8 Å². The van der Waals surface area contributed by atoms with Crippen molar-refractivity contribution in [2.45, 2.75) is 17.9 Å². The van der Waals surface area contributed by atoms with Gasteiger partial charge in [0.1, 0.15) is 17.5 Å². The number of ether oxygens (including phenoxy) is 1. The van der Waals surface area contributed by atoms with Crippen LogP contribution in [-0.2, 0) is 9.59 Å². The number of aromatic hydroxyl groups is 1. The summed E-state index contributed by atoms with van der Waals surface area (Å²) in [7, 11) is 0. The second kappa shape index (κ2) is 9.65. The largest absolute Gasteiger partial charge is 0.506 e. The topological polar surface area (TPSA) is 139 Å². The molecular weight excluding hydrogens is 396 g/mol. The lowest BCUT2D eigenvalue weighted by atomic mass is 10.2. The molecule has 0 unspecified atom stereocenters. The smallest absolute Gasteiger partial charge is 0.344 e. The number of hydrogen-bond donors (Lipinski definition) is 4. The van der Waals surface area contributed by atoms with Gasteiger partial charge >= 0.3 is 11.9 Å². The van der Waals surface area contributed by atoms with Crippen molar-refractivity contribution in [3.8, 4) is 11.5 Å². The van der Waals surface area contributed by atoms with E-state index in [1.807, 2.05) is 0 Å². The van der Waals surface area contributed by atoms with Gasteiger partial charge < -0.3 is 26.0 Å².